The van der Waals surface area contributed by atoms with E-state index in [4.69, 9.17) is 4.74 Å². The first kappa shape index (κ1) is 14.5. The van der Waals surface area contributed by atoms with Crippen LogP contribution in [0.3, 0.4) is 0 Å². The first-order chi connectivity index (χ1) is 9.74. The van der Waals surface area contributed by atoms with Crippen molar-refractivity contribution in [3.8, 4) is 11.6 Å². The van der Waals surface area contributed by atoms with Crippen LogP contribution >= 0.6 is 0 Å². The molecular weight excluding hydrogens is 248 g/mol. The van der Waals surface area contributed by atoms with Gasteiger partial charge in [-0.25, -0.2) is 4.98 Å². The Hall–Kier alpha value is -1.87. The fourth-order valence-corrected chi connectivity index (χ4v) is 2.17. The zero-order valence-corrected chi connectivity index (χ0v) is 12.4. The summed E-state index contributed by atoms with van der Waals surface area (Å²) in [5, 5.41) is 3.39. The molecule has 0 aliphatic heterocycles. The normalized spacial score (nSPS) is 12.2. The fourth-order valence-electron chi connectivity index (χ4n) is 2.17. The maximum atomic E-state index is 5.97. The van der Waals surface area contributed by atoms with E-state index >= 15 is 0 Å². The van der Waals surface area contributed by atoms with E-state index in [0.717, 1.165) is 24.3 Å². The standard InChI is InChI=1S/C17H22N2O/c1-4-14-8-6-9-15(12-14)20-17-16(10-7-11-19-17)13(3)18-5-2/h6-13,18H,4-5H2,1-3H3. The summed E-state index contributed by atoms with van der Waals surface area (Å²) < 4.78 is 5.97. The van der Waals surface area contributed by atoms with Gasteiger partial charge in [0.2, 0.25) is 5.88 Å². The van der Waals surface area contributed by atoms with Crippen LogP contribution in [-0.4, -0.2) is 11.5 Å². The molecule has 0 saturated heterocycles. The summed E-state index contributed by atoms with van der Waals surface area (Å²) in [6.07, 6.45) is 2.77. The van der Waals surface area contributed by atoms with Crippen molar-refractivity contribution >= 4 is 0 Å². The van der Waals surface area contributed by atoms with Gasteiger partial charge in [0.05, 0.1) is 0 Å². The van der Waals surface area contributed by atoms with Crippen LogP contribution < -0.4 is 10.1 Å². The number of aryl methyl sites for hydroxylation is 1. The summed E-state index contributed by atoms with van der Waals surface area (Å²) in [4.78, 5) is 4.37. The quantitative estimate of drug-likeness (QED) is 0.857. The molecule has 1 aromatic heterocycles. The first-order valence-electron chi connectivity index (χ1n) is 7.19. The van der Waals surface area contributed by atoms with E-state index in [-0.39, 0.29) is 6.04 Å². The minimum absolute atomic E-state index is 0.220. The zero-order chi connectivity index (χ0) is 14.4. The molecule has 20 heavy (non-hydrogen) atoms. The van der Waals surface area contributed by atoms with Gasteiger partial charge in [-0.3, -0.25) is 0 Å². The first-order valence-corrected chi connectivity index (χ1v) is 7.19. The van der Waals surface area contributed by atoms with Crippen LogP contribution in [0.1, 0.15) is 37.9 Å². The second-order valence-electron chi connectivity index (χ2n) is 4.78. The topological polar surface area (TPSA) is 34.2 Å². The highest BCUT2D eigenvalue weighted by Gasteiger charge is 2.12. The van der Waals surface area contributed by atoms with Crippen molar-refractivity contribution < 1.29 is 4.74 Å². The molecule has 0 amide bonds. The van der Waals surface area contributed by atoms with Crippen molar-refractivity contribution in [2.75, 3.05) is 6.54 Å². The number of pyridine rings is 1. The molecule has 0 bridgehead atoms. The molecule has 0 saturated carbocycles. The van der Waals surface area contributed by atoms with E-state index in [2.05, 4.69) is 49.3 Å². The third kappa shape index (κ3) is 3.58. The molecule has 2 rings (SSSR count). The van der Waals surface area contributed by atoms with Crippen molar-refractivity contribution in [1.29, 1.82) is 0 Å². The van der Waals surface area contributed by atoms with E-state index in [1.54, 1.807) is 6.20 Å². The van der Waals surface area contributed by atoms with Gasteiger partial charge in [-0.1, -0.05) is 32.0 Å². The van der Waals surface area contributed by atoms with Gasteiger partial charge in [0.25, 0.3) is 0 Å². The minimum Gasteiger partial charge on any atom is -0.439 e. The van der Waals surface area contributed by atoms with Crippen LogP contribution in [0.25, 0.3) is 0 Å². The molecule has 1 unspecified atom stereocenters. The molecule has 0 fully saturated rings. The summed E-state index contributed by atoms with van der Waals surface area (Å²) in [5.74, 6) is 1.52. The molecule has 1 heterocycles. The monoisotopic (exact) mass is 270 g/mol. The third-order valence-corrected chi connectivity index (χ3v) is 3.30. The highest BCUT2D eigenvalue weighted by atomic mass is 16.5. The van der Waals surface area contributed by atoms with E-state index in [1.165, 1.54) is 5.56 Å². The summed E-state index contributed by atoms with van der Waals surface area (Å²) >= 11 is 0. The number of benzene rings is 1. The molecule has 1 aromatic carbocycles. The number of hydrogen-bond acceptors (Lipinski definition) is 3. The molecule has 0 spiro atoms. The number of aromatic nitrogens is 1. The summed E-state index contributed by atoms with van der Waals surface area (Å²) in [7, 11) is 0. The molecule has 106 valence electrons. The molecule has 0 aliphatic carbocycles. The van der Waals surface area contributed by atoms with Crippen LogP contribution in [-0.2, 0) is 6.42 Å². The van der Waals surface area contributed by atoms with Crippen molar-refractivity contribution in [2.45, 2.75) is 33.2 Å². The van der Waals surface area contributed by atoms with Crippen LogP contribution in [0.4, 0.5) is 0 Å². The lowest BCUT2D eigenvalue weighted by Gasteiger charge is -2.16. The largest absolute Gasteiger partial charge is 0.439 e. The Morgan fingerprint density at radius 2 is 2.05 bits per heavy atom. The van der Waals surface area contributed by atoms with Gasteiger partial charge in [-0.2, -0.15) is 0 Å². The Bertz CT molecular complexity index is 554. The van der Waals surface area contributed by atoms with Gasteiger partial charge in [0.15, 0.2) is 0 Å². The van der Waals surface area contributed by atoms with Crippen LogP contribution in [0.2, 0.25) is 0 Å². The number of ether oxygens (including phenoxy) is 1. The number of rotatable bonds is 6. The highest BCUT2D eigenvalue weighted by Crippen LogP contribution is 2.27. The summed E-state index contributed by atoms with van der Waals surface area (Å²) in [5.41, 5.74) is 2.34. The molecule has 3 heteroatoms. The van der Waals surface area contributed by atoms with Gasteiger partial charge < -0.3 is 10.1 Å². The Morgan fingerprint density at radius 1 is 1.20 bits per heavy atom. The Labute approximate surface area is 121 Å². The smallest absolute Gasteiger partial charge is 0.223 e. The lowest BCUT2D eigenvalue weighted by Crippen LogP contribution is -2.18. The van der Waals surface area contributed by atoms with Crippen LogP contribution in [0.5, 0.6) is 11.6 Å². The maximum absolute atomic E-state index is 5.97. The lowest BCUT2D eigenvalue weighted by molar-refractivity contribution is 0.443. The number of nitrogens with zero attached hydrogens (tertiary/aromatic N) is 1. The van der Waals surface area contributed by atoms with Crippen molar-refractivity contribution in [2.24, 2.45) is 0 Å². The van der Waals surface area contributed by atoms with E-state index < -0.39 is 0 Å². The SMILES string of the molecule is CCNC(C)c1cccnc1Oc1cccc(CC)c1. The Balaban J connectivity index is 2.24. The molecule has 2 aromatic rings. The lowest BCUT2D eigenvalue weighted by atomic mass is 10.1. The van der Waals surface area contributed by atoms with Crippen molar-refractivity contribution in [3.63, 3.8) is 0 Å². The van der Waals surface area contributed by atoms with Crippen LogP contribution in [0.15, 0.2) is 42.6 Å². The third-order valence-electron chi connectivity index (χ3n) is 3.30. The van der Waals surface area contributed by atoms with Gasteiger partial charge >= 0.3 is 0 Å². The highest BCUT2D eigenvalue weighted by molar-refractivity contribution is 5.35. The van der Waals surface area contributed by atoms with Gasteiger partial charge in [-0.05, 0) is 43.7 Å². The minimum atomic E-state index is 0.220. The zero-order valence-electron chi connectivity index (χ0n) is 12.4. The Kier molecular flexibility index (Phi) is 5.13. The van der Waals surface area contributed by atoms with Gasteiger partial charge in [-0.15, -0.1) is 0 Å². The Morgan fingerprint density at radius 3 is 2.80 bits per heavy atom. The number of hydrogen-bond donors (Lipinski definition) is 1. The number of nitrogens with one attached hydrogen (secondary N) is 1. The van der Waals surface area contributed by atoms with Crippen molar-refractivity contribution in [1.82, 2.24) is 10.3 Å². The van der Waals surface area contributed by atoms with Gasteiger partial charge in [0, 0.05) is 17.8 Å². The van der Waals surface area contributed by atoms with Crippen molar-refractivity contribution in [3.05, 3.63) is 53.7 Å². The van der Waals surface area contributed by atoms with Gasteiger partial charge in [0.1, 0.15) is 5.75 Å². The molecule has 0 aliphatic rings. The van der Waals surface area contributed by atoms with E-state index in [0.29, 0.717) is 5.88 Å². The molecular formula is C17H22N2O. The predicted octanol–water partition coefficient (Wildman–Crippen LogP) is 4.11. The summed E-state index contributed by atoms with van der Waals surface area (Å²) in [6, 6.07) is 12.4. The molecule has 3 nitrogen and oxygen atoms in total. The predicted molar refractivity (Wildman–Crippen MR) is 82.2 cm³/mol. The second-order valence-corrected chi connectivity index (χ2v) is 4.78. The molecule has 1 N–H and O–H groups in total. The maximum Gasteiger partial charge on any atom is 0.223 e. The average Bonchev–Trinajstić information content (AvgIpc) is 2.48. The van der Waals surface area contributed by atoms with E-state index in [1.807, 2.05) is 18.2 Å². The van der Waals surface area contributed by atoms with E-state index in [9.17, 15) is 0 Å². The summed E-state index contributed by atoms with van der Waals surface area (Å²) in [6.45, 7) is 7.27. The van der Waals surface area contributed by atoms with Crippen LogP contribution in [0, 0.1) is 0 Å². The average molecular weight is 270 g/mol. The second kappa shape index (κ2) is 7.06. The molecule has 0 radical (unpaired) electrons. The molecule has 1 atom stereocenters. The fraction of sp³-hybridized carbons (Fsp3) is 0.353.